The van der Waals surface area contributed by atoms with Crippen LogP contribution >= 0.6 is 0 Å². The highest BCUT2D eigenvalue weighted by molar-refractivity contribution is 5.75. The highest BCUT2D eigenvalue weighted by Gasteiger charge is 2.36. The van der Waals surface area contributed by atoms with Crippen LogP contribution in [0.2, 0.25) is 0 Å². The molecule has 1 aliphatic carbocycles. The molecule has 0 amide bonds. The van der Waals surface area contributed by atoms with Gasteiger partial charge in [0.1, 0.15) is 5.82 Å². The third-order valence-electron chi connectivity index (χ3n) is 2.88. The van der Waals surface area contributed by atoms with Crippen molar-refractivity contribution in [1.29, 1.82) is 0 Å². The molecule has 0 unspecified atom stereocenters. The van der Waals surface area contributed by atoms with Crippen molar-refractivity contribution in [2.75, 3.05) is 7.11 Å². The summed E-state index contributed by atoms with van der Waals surface area (Å²) in [4.78, 5) is 11.4. The lowest BCUT2D eigenvalue weighted by molar-refractivity contribution is -0.145. The number of methoxy groups -OCH3 is 1. The highest BCUT2D eigenvalue weighted by Crippen LogP contribution is 2.36. The number of carbonyl (C=O) groups is 1. The van der Waals surface area contributed by atoms with Gasteiger partial charge in [0.25, 0.3) is 0 Å². The Morgan fingerprint density at radius 3 is 2.93 bits per heavy atom. The van der Waals surface area contributed by atoms with Crippen LogP contribution in [-0.4, -0.2) is 13.1 Å². The first-order valence-corrected chi connectivity index (χ1v) is 4.76. The second-order valence-corrected chi connectivity index (χ2v) is 3.67. The number of carbonyl (C=O) groups excluding carboxylic acids is 1. The SMILES string of the molecule is COC(=O)[C@@H]1Cc2c(F)cccc2[C@H]1N. The van der Waals surface area contributed by atoms with Gasteiger partial charge in [0.2, 0.25) is 0 Å². The molecule has 0 bridgehead atoms. The minimum Gasteiger partial charge on any atom is -0.469 e. The Labute approximate surface area is 87.0 Å². The normalized spacial score (nSPS) is 23.7. The molecule has 1 aromatic carbocycles. The van der Waals surface area contributed by atoms with Gasteiger partial charge in [0, 0.05) is 6.04 Å². The molecule has 0 radical (unpaired) electrons. The van der Waals surface area contributed by atoms with Gasteiger partial charge in [-0.2, -0.15) is 0 Å². The Balaban J connectivity index is 2.37. The summed E-state index contributed by atoms with van der Waals surface area (Å²) in [6.45, 7) is 0. The van der Waals surface area contributed by atoms with Crippen molar-refractivity contribution in [1.82, 2.24) is 0 Å². The van der Waals surface area contributed by atoms with Crippen molar-refractivity contribution in [3.63, 3.8) is 0 Å². The minimum atomic E-state index is -0.457. The van der Waals surface area contributed by atoms with Crippen LogP contribution in [0.4, 0.5) is 4.39 Å². The maximum atomic E-state index is 13.4. The van der Waals surface area contributed by atoms with Crippen LogP contribution in [-0.2, 0) is 16.0 Å². The first-order chi connectivity index (χ1) is 7.15. The fraction of sp³-hybridized carbons (Fsp3) is 0.364. The molecule has 0 fully saturated rings. The van der Waals surface area contributed by atoms with E-state index in [-0.39, 0.29) is 11.8 Å². The average Bonchev–Trinajstić information content (AvgIpc) is 2.57. The Kier molecular flexibility index (Phi) is 2.44. The molecule has 2 rings (SSSR count). The van der Waals surface area contributed by atoms with Gasteiger partial charge < -0.3 is 10.5 Å². The maximum absolute atomic E-state index is 13.4. The lowest BCUT2D eigenvalue weighted by atomic mass is 10.0. The minimum absolute atomic E-state index is 0.297. The number of hydrogen-bond donors (Lipinski definition) is 1. The zero-order valence-corrected chi connectivity index (χ0v) is 8.37. The monoisotopic (exact) mass is 209 g/mol. The van der Waals surface area contributed by atoms with E-state index in [0.29, 0.717) is 17.5 Å². The third-order valence-corrected chi connectivity index (χ3v) is 2.88. The van der Waals surface area contributed by atoms with Crippen LogP contribution in [0.15, 0.2) is 18.2 Å². The first-order valence-electron chi connectivity index (χ1n) is 4.76. The van der Waals surface area contributed by atoms with Crippen molar-refractivity contribution in [2.45, 2.75) is 12.5 Å². The topological polar surface area (TPSA) is 52.3 Å². The molecule has 1 aliphatic rings. The van der Waals surface area contributed by atoms with E-state index in [1.54, 1.807) is 12.1 Å². The number of hydrogen-bond acceptors (Lipinski definition) is 3. The number of rotatable bonds is 1. The van der Waals surface area contributed by atoms with Crippen molar-refractivity contribution >= 4 is 5.97 Å². The molecule has 0 saturated carbocycles. The van der Waals surface area contributed by atoms with E-state index in [2.05, 4.69) is 4.74 Å². The molecule has 2 N–H and O–H groups in total. The van der Waals surface area contributed by atoms with Gasteiger partial charge in [-0.25, -0.2) is 4.39 Å². The molecule has 3 nitrogen and oxygen atoms in total. The summed E-state index contributed by atoms with van der Waals surface area (Å²) in [5.74, 6) is -1.13. The van der Waals surface area contributed by atoms with Gasteiger partial charge >= 0.3 is 5.97 Å². The molecule has 4 heteroatoms. The quantitative estimate of drug-likeness (QED) is 0.706. The van der Waals surface area contributed by atoms with Crippen LogP contribution in [0, 0.1) is 11.7 Å². The Hall–Kier alpha value is -1.42. The maximum Gasteiger partial charge on any atom is 0.310 e. The lowest BCUT2D eigenvalue weighted by Gasteiger charge is -2.12. The molecular formula is C11H12FNO2. The van der Waals surface area contributed by atoms with Gasteiger partial charge in [0.05, 0.1) is 13.0 Å². The summed E-state index contributed by atoms with van der Waals surface area (Å²) in [6, 6.07) is 4.29. The fourth-order valence-corrected chi connectivity index (χ4v) is 2.05. The van der Waals surface area contributed by atoms with Crippen molar-refractivity contribution in [2.24, 2.45) is 11.7 Å². The Morgan fingerprint density at radius 1 is 1.60 bits per heavy atom. The van der Waals surface area contributed by atoms with E-state index in [1.807, 2.05) is 0 Å². The lowest BCUT2D eigenvalue weighted by Crippen LogP contribution is -2.25. The molecule has 0 spiro atoms. The number of ether oxygens (including phenoxy) is 1. The molecule has 0 saturated heterocycles. The van der Waals surface area contributed by atoms with Crippen molar-refractivity contribution in [3.05, 3.63) is 35.1 Å². The van der Waals surface area contributed by atoms with E-state index < -0.39 is 12.0 Å². The van der Waals surface area contributed by atoms with Crippen LogP contribution in [0.3, 0.4) is 0 Å². The largest absolute Gasteiger partial charge is 0.469 e. The summed E-state index contributed by atoms with van der Waals surface area (Å²) in [5, 5.41) is 0. The second-order valence-electron chi connectivity index (χ2n) is 3.67. The van der Waals surface area contributed by atoms with Gasteiger partial charge in [-0.05, 0) is 23.6 Å². The van der Waals surface area contributed by atoms with E-state index in [0.717, 1.165) is 0 Å². The fourth-order valence-electron chi connectivity index (χ4n) is 2.05. The predicted octanol–water partition coefficient (Wildman–Crippen LogP) is 1.17. The molecule has 0 aromatic heterocycles. The Bertz CT molecular complexity index is 406. The van der Waals surface area contributed by atoms with Gasteiger partial charge in [-0.3, -0.25) is 4.79 Å². The number of esters is 1. The number of fused-ring (bicyclic) bond motifs is 1. The predicted molar refractivity (Wildman–Crippen MR) is 52.5 cm³/mol. The number of benzene rings is 1. The van der Waals surface area contributed by atoms with Gasteiger partial charge in [-0.1, -0.05) is 12.1 Å². The second kappa shape index (κ2) is 3.62. The van der Waals surface area contributed by atoms with Crippen molar-refractivity contribution < 1.29 is 13.9 Å². The van der Waals surface area contributed by atoms with Crippen molar-refractivity contribution in [3.8, 4) is 0 Å². The Morgan fingerprint density at radius 2 is 2.33 bits per heavy atom. The highest BCUT2D eigenvalue weighted by atomic mass is 19.1. The van der Waals surface area contributed by atoms with E-state index >= 15 is 0 Å². The van der Waals surface area contributed by atoms with Gasteiger partial charge in [-0.15, -0.1) is 0 Å². The van der Waals surface area contributed by atoms with Crippen LogP contribution in [0.5, 0.6) is 0 Å². The first kappa shape index (κ1) is 10.1. The third kappa shape index (κ3) is 1.51. The molecule has 0 heterocycles. The molecule has 0 aliphatic heterocycles. The summed E-state index contributed by atoms with van der Waals surface area (Å²) in [7, 11) is 1.31. The summed E-state index contributed by atoms with van der Waals surface area (Å²) >= 11 is 0. The van der Waals surface area contributed by atoms with Crippen LogP contribution in [0.25, 0.3) is 0 Å². The van der Waals surface area contributed by atoms with Gasteiger partial charge in [0.15, 0.2) is 0 Å². The van der Waals surface area contributed by atoms with Crippen LogP contribution < -0.4 is 5.73 Å². The molecule has 15 heavy (non-hydrogen) atoms. The zero-order valence-electron chi connectivity index (χ0n) is 8.37. The standard InChI is InChI=1S/C11H12FNO2/c1-15-11(14)8-5-7-6(10(8)13)3-2-4-9(7)12/h2-4,8,10H,5,13H2,1H3/t8-,10-/m1/s1. The van der Waals surface area contributed by atoms with E-state index in [1.165, 1.54) is 13.2 Å². The van der Waals surface area contributed by atoms with E-state index in [4.69, 9.17) is 5.73 Å². The van der Waals surface area contributed by atoms with Crippen LogP contribution in [0.1, 0.15) is 17.2 Å². The molecule has 1 aromatic rings. The number of halogens is 1. The molecule has 80 valence electrons. The molecular weight excluding hydrogens is 197 g/mol. The number of nitrogens with two attached hydrogens (primary N) is 1. The average molecular weight is 209 g/mol. The molecule has 2 atom stereocenters. The smallest absolute Gasteiger partial charge is 0.310 e. The summed E-state index contributed by atoms with van der Waals surface area (Å²) < 4.78 is 18.0. The summed E-state index contributed by atoms with van der Waals surface area (Å²) in [5.41, 5.74) is 7.12. The zero-order chi connectivity index (χ0) is 11.0. The van der Waals surface area contributed by atoms with E-state index in [9.17, 15) is 9.18 Å². The summed E-state index contributed by atoms with van der Waals surface area (Å²) in [6.07, 6.45) is 0.329.